The molecule has 2 aliphatic rings. The van der Waals surface area contributed by atoms with Gasteiger partial charge in [-0.15, -0.1) is 11.8 Å². The Kier molecular flexibility index (Phi) is 4.54. The van der Waals surface area contributed by atoms with Crippen molar-refractivity contribution in [1.29, 1.82) is 0 Å². The normalized spacial score (nSPS) is 36.3. The monoisotopic (exact) mass is 286 g/mol. The van der Waals surface area contributed by atoms with Gasteiger partial charge in [-0.3, -0.25) is 4.79 Å². The highest BCUT2D eigenvalue weighted by Crippen LogP contribution is 2.34. The minimum absolute atomic E-state index is 0.107. The zero-order valence-corrected chi connectivity index (χ0v) is 12.5. The van der Waals surface area contributed by atoms with Gasteiger partial charge in [0.2, 0.25) is 5.91 Å². The molecule has 1 aliphatic heterocycles. The number of rotatable bonds is 3. The molecule has 0 spiro atoms. The summed E-state index contributed by atoms with van der Waals surface area (Å²) in [5.74, 6) is 1.94. The Bertz CT molecular complexity index is 332. The average Bonchev–Trinajstić information content (AvgIpc) is 2.85. The van der Waals surface area contributed by atoms with Gasteiger partial charge in [-0.05, 0) is 50.2 Å². The molecular weight excluding hydrogens is 264 g/mol. The number of carbonyl (C=O) groups is 1. The van der Waals surface area contributed by atoms with Crippen LogP contribution in [0.3, 0.4) is 0 Å². The number of thioether (sulfide) groups is 1. The first-order chi connectivity index (χ1) is 8.53. The molecule has 0 aromatic heterocycles. The number of amides is 1. The summed E-state index contributed by atoms with van der Waals surface area (Å²) in [5.41, 5.74) is 5.49. The molecule has 2 rings (SSSR count). The largest absolute Gasteiger partial charge is 0.391 e. The second-order valence-corrected chi connectivity index (χ2v) is 7.37. The summed E-state index contributed by atoms with van der Waals surface area (Å²) in [6, 6.07) is 0. The Morgan fingerprint density at radius 2 is 2.06 bits per heavy atom. The van der Waals surface area contributed by atoms with Crippen molar-refractivity contribution in [2.75, 3.05) is 5.75 Å². The second-order valence-electron chi connectivity index (χ2n) is 5.62. The summed E-state index contributed by atoms with van der Waals surface area (Å²) >= 11 is 6.97. The average molecular weight is 286 g/mol. The molecule has 0 aromatic rings. The minimum Gasteiger partial charge on any atom is -0.391 e. The topological polar surface area (TPSA) is 55.1 Å². The highest BCUT2D eigenvalue weighted by atomic mass is 32.2. The molecule has 2 fully saturated rings. The Balaban J connectivity index is 2.01. The van der Waals surface area contributed by atoms with Gasteiger partial charge in [0.15, 0.2) is 0 Å². The lowest BCUT2D eigenvalue weighted by molar-refractivity contribution is -0.122. The Morgan fingerprint density at radius 1 is 1.39 bits per heavy atom. The molecule has 18 heavy (non-hydrogen) atoms. The lowest BCUT2D eigenvalue weighted by Crippen LogP contribution is -2.59. The van der Waals surface area contributed by atoms with Gasteiger partial charge in [0.25, 0.3) is 0 Å². The van der Waals surface area contributed by atoms with E-state index in [4.69, 9.17) is 18.0 Å². The minimum atomic E-state index is -0.415. The Hall–Kier alpha value is -0.290. The van der Waals surface area contributed by atoms with Crippen molar-refractivity contribution >= 4 is 34.9 Å². The van der Waals surface area contributed by atoms with Crippen LogP contribution in [0.4, 0.5) is 0 Å². The molecular formula is C13H22N2OS2. The van der Waals surface area contributed by atoms with Crippen LogP contribution in [0.1, 0.15) is 45.4 Å². The van der Waals surface area contributed by atoms with Crippen LogP contribution in [0.2, 0.25) is 0 Å². The van der Waals surface area contributed by atoms with Crippen LogP contribution in [-0.4, -0.2) is 27.4 Å². The lowest BCUT2D eigenvalue weighted by Gasteiger charge is -2.39. The summed E-state index contributed by atoms with van der Waals surface area (Å²) in [5, 5.41) is 3.28. The van der Waals surface area contributed by atoms with Gasteiger partial charge in [0.1, 0.15) is 0 Å². The van der Waals surface area contributed by atoms with Gasteiger partial charge in [0.05, 0.1) is 15.8 Å². The summed E-state index contributed by atoms with van der Waals surface area (Å²) in [7, 11) is 0. The highest BCUT2D eigenvalue weighted by molar-refractivity contribution is 8.00. The van der Waals surface area contributed by atoms with Crippen molar-refractivity contribution < 1.29 is 4.79 Å². The van der Waals surface area contributed by atoms with E-state index in [2.05, 4.69) is 12.2 Å². The summed E-state index contributed by atoms with van der Waals surface area (Å²) < 4.78 is 0. The molecule has 1 heterocycles. The van der Waals surface area contributed by atoms with Gasteiger partial charge in [0, 0.05) is 0 Å². The quantitative estimate of drug-likeness (QED) is 0.781. The highest BCUT2D eigenvalue weighted by Gasteiger charge is 2.40. The van der Waals surface area contributed by atoms with E-state index >= 15 is 0 Å². The molecule has 0 aromatic carbocycles. The molecule has 1 aliphatic carbocycles. The zero-order valence-electron chi connectivity index (χ0n) is 10.9. The molecule has 3 N–H and O–H groups in total. The van der Waals surface area contributed by atoms with Gasteiger partial charge in [-0.2, -0.15) is 0 Å². The van der Waals surface area contributed by atoms with E-state index in [0.29, 0.717) is 10.9 Å². The molecule has 1 unspecified atom stereocenters. The third-order valence-corrected chi connectivity index (χ3v) is 5.95. The van der Waals surface area contributed by atoms with Crippen LogP contribution >= 0.6 is 24.0 Å². The first-order valence-electron chi connectivity index (χ1n) is 6.77. The van der Waals surface area contributed by atoms with Crippen LogP contribution in [0.5, 0.6) is 0 Å². The van der Waals surface area contributed by atoms with Crippen LogP contribution in [-0.2, 0) is 4.79 Å². The standard InChI is InChI=1S/C13H22N2OS2/c1-9-4-6-13(7-5-9,12(14)17)15-11(16)10-3-2-8-18-10/h9-10H,2-8H2,1H3,(H2,14,17)(H,15,16). The van der Waals surface area contributed by atoms with E-state index in [9.17, 15) is 4.79 Å². The lowest BCUT2D eigenvalue weighted by atomic mass is 9.77. The van der Waals surface area contributed by atoms with E-state index < -0.39 is 5.54 Å². The molecule has 5 heteroatoms. The Morgan fingerprint density at radius 3 is 2.56 bits per heavy atom. The smallest absolute Gasteiger partial charge is 0.233 e. The van der Waals surface area contributed by atoms with E-state index in [1.54, 1.807) is 11.8 Å². The molecule has 3 nitrogen and oxygen atoms in total. The first kappa shape index (κ1) is 14.1. The van der Waals surface area contributed by atoms with Gasteiger partial charge in [-0.25, -0.2) is 0 Å². The van der Waals surface area contributed by atoms with Crippen molar-refractivity contribution in [3.8, 4) is 0 Å². The number of carbonyl (C=O) groups excluding carboxylic acids is 1. The number of hydrogen-bond acceptors (Lipinski definition) is 3. The fourth-order valence-corrected chi connectivity index (χ4v) is 4.21. The van der Waals surface area contributed by atoms with Gasteiger partial charge < -0.3 is 11.1 Å². The number of thiocarbonyl (C=S) groups is 1. The van der Waals surface area contributed by atoms with E-state index in [1.807, 2.05) is 0 Å². The molecule has 1 saturated heterocycles. The SMILES string of the molecule is CC1CCC(NC(=O)C2CCCS2)(C(N)=S)CC1. The number of hydrogen-bond donors (Lipinski definition) is 2. The van der Waals surface area contributed by atoms with Crippen molar-refractivity contribution in [3.63, 3.8) is 0 Å². The molecule has 1 saturated carbocycles. The zero-order chi connectivity index (χ0) is 13.2. The third kappa shape index (κ3) is 2.99. The van der Waals surface area contributed by atoms with E-state index in [1.165, 1.54) is 0 Å². The van der Waals surface area contributed by atoms with Crippen LogP contribution < -0.4 is 11.1 Å². The molecule has 1 atom stereocenters. The second kappa shape index (κ2) is 5.78. The summed E-state index contributed by atoms with van der Waals surface area (Å²) in [4.78, 5) is 12.7. The predicted octanol–water partition coefficient (Wildman–Crippen LogP) is 2.23. The maximum Gasteiger partial charge on any atom is 0.233 e. The maximum absolute atomic E-state index is 12.3. The third-order valence-electron chi connectivity index (χ3n) is 4.18. The van der Waals surface area contributed by atoms with Crippen LogP contribution in [0, 0.1) is 5.92 Å². The number of nitrogens with one attached hydrogen (secondary N) is 1. The van der Waals surface area contributed by atoms with Gasteiger partial charge in [-0.1, -0.05) is 19.1 Å². The molecule has 0 radical (unpaired) electrons. The fraction of sp³-hybridized carbons (Fsp3) is 0.846. The van der Waals surface area contributed by atoms with Crippen LogP contribution in [0.25, 0.3) is 0 Å². The van der Waals surface area contributed by atoms with Crippen molar-refractivity contribution in [2.45, 2.75) is 56.2 Å². The fourth-order valence-electron chi connectivity index (χ4n) is 2.79. The summed E-state index contributed by atoms with van der Waals surface area (Å²) in [6.45, 7) is 2.25. The van der Waals surface area contributed by atoms with Gasteiger partial charge >= 0.3 is 0 Å². The number of nitrogens with two attached hydrogens (primary N) is 1. The van der Waals surface area contributed by atoms with Crippen LogP contribution in [0.15, 0.2) is 0 Å². The van der Waals surface area contributed by atoms with E-state index in [-0.39, 0.29) is 11.2 Å². The Labute approximate surface area is 119 Å². The van der Waals surface area contributed by atoms with E-state index in [0.717, 1.165) is 44.3 Å². The van der Waals surface area contributed by atoms with Crippen molar-refractivity contribution in [3.05, 3.63) is 0 Å². The molecule has 1 amide bonds. The maximum atomic E-state index is 12.3. The van der Waals surface area contributed by atoms with Crippen molar-refractivity contribution in [1.82, 2.24) is 5.32 Å². The molecule has 0 bridgehead atoms. The predicted molar refractivity (Wildman–Crippen MR) is 80.8 cm³/mol. The first-order valence-corrected chi connectivity index (χ1v) is 8.23. The van der Waals surface area contributed by atoms with Crippen molar-refractivity contribution in [2.24, 2.45) is 11.7 Å². The summed E-state index contributed by atoms with van der Waals surface area (Å²) in [6.07, 6.45) is 6.10. The molecule has 102 valence electrons.